The molecule has 208 valence electrons. The first-order valence-corrected chi connectivity index (χ1v) is 15.2. The summed E-state index contributed by atoms with van der Waals surface area (Å²) in [5.41, 5.74) is -0.101. The number of aliphatic hydroxyl groups excluding tert-OH is 1. The van der Waals surface area contributed by atoms with Gasteiger partial charge in [0.15, 0.2) is 5.78 Å². The Labute approximate surface area is 230 Å². The summed E-state index contributed by atoms with van der Waals surface area (Å²) in [5, 5.41) is 21.1. The van der Waals surface area contributed by atoms with Crippen LogP contribution in [0.15, 0.2) is 23.0 Å². The zero-order valence-electron chi connectivity index (χ0n) is 25.3. The average molecular weight is 520 g/mol. The van der Waals surface area contributed by atoms with E-state index in [2.05, 4.69) is 68.4 Å². The molecule has 8 atom stereocenters. The second kappa shape index (κ2) is 7.37. The van der Waals surface area contributed by atoms with Crippen LogP contribution in [0.2, 0.25) is 0 Å². The van der Waals surface area contributed by atoms with Crippen molar-refractivity contribution in [3.8, 4) is 6.07 Å². The maximum absolute atomic E-state index is 14.9. The minimum absolute atomic E-state index is 0.0942. The predicted molar refractivity (Wildman–Crippen MR) is 149 cm³/mol. The number of fused-ring (bicyclic) bond motifs is 4. The van der Waals surface area contributed by atoms with Gasteiger partial charge in [0.2, 0.25) is 0 Å². The van der Waals surface area contributed by atoms with Gasteiger partial charge in [-0.1, -0.05) is 67.9 Å². The van der Waals surface area contributed by atoms with Crippen LogP contribution in [-0.2, 0) is 9.53 Å². The first kappa shape index (κ1) is 26.6. The van der Waals surface area contributed by atoms with Gasteiger partial charge >= 0.3 is 0 Å². The smallest absolute Gasteiger partial charge is 0.188 e. The van der Waals surface area contributed by atoms with E-state index in [1.807, 2.05) is 6.08 Å². The maximum Gasteiger partial charge on any atom is 0.188 e. The number of ether oxygens (including phenoxy) is 1. The van der Waals surface area contributed by atoms with Crippen LogP contribution in [0.4, 0.5) is 0 Å². The van der Waals surface area contributed by atoms with Crippen molar-refractivity contribution in [2.24, 2.45) is 50.2 Å². The van der Waals surface area contributed by atoms with Crippen LogP contribution in [-0.4, -0.2) is 22.6 Å². The van der Waals surface area contributed by atoms with Gasteiger partial charge in [-0.15, -0.1) is 0 Å². The van der Waals surface area contributed by atoms with Gasteiger partial charge in [0.25, 0.3) is 0 Å². The molecule has 1 heterocycles. The summed E-state index contributed by atoms with van der Waals surface area (Å²) in [6.45, 7) is 20.7. The average Bonchev–Trinajstić information content (AvgIpc) is 3.05. The van der Waals surface area contributed by atoms with Gasteiger partial charge in [-0.2, -0.15) is 5.26 Å². The minimum atomic E-state index is -0.778. The van der Waals surface area contributed by atoms with Gasteiger partial charge in [-0.05, 0) is 85.5 Å². The van der Waals surface area contributed by atoms with E-state index >= 15 is 0 Å². The number of nitrogens with zero attached hydrogens (tertiary/aromatic N) is 1. The van der Waals surface area contributed by atoms with Crippen molar-refractivity contribution in [3.05, 3.63) is 23.0 Å². The number of aliphatic hydroxyl groups is 1. The fraction of sp³-hybridized carbons (Fsp3) is 0.824. The Morgan fingerprint density at radius 3 is 2.29 bits per heavy atom. The highest BCUT2D eigenvalue weighted by Gasteiger charge is 2.81. The van der Waals surface area contributed by atoms with E-state index < -0.39 is 11.0 Å². The monoisotopic (exact) mass is 519 g/mol. The summed E-state index contributed by atoms with van der Waals surface area (Å²) in [7, 11) is 0. The number of ketones is 1. The lowest BCUT2D eigenvalue weighted by atomic mass is 9.33. The van der Waals surface area contributed by atoms with Crippen molar-refractivity contribution in [1.29, 1.82) is 5.26 Å². The number of nitriles is 1. The molecule has 0 radical (unpaired) electrons. The first-order chi connectivity index (χ1) is 17.5. The van der Waals surface area contributed by atoms with Crippen molar-refractivity contribution in [2.75, 3.05) is 0 Å². The van der Waals surface area contributed by atoms with E-state index in [9.17, 15) is 15.2 Å². The van der Waals surface area contributed by atoms with Crippen LogP contribution in [0, 0.1) is 61.6 Å². The molecule has 2 bridgehead atoms. The summed E-state index contributed by atoms with van der Waals surface area (Å²) in [6, 6.07) is 2.33. The number of carbonyl (C=O) groups excluding carboxylic acids is 1. The third-order valence-corrected chi connectivity index (χ3v) is 13.8. The van der Waals surface area contributed by atoms with E-state index in [0.29, 0.717) is 17.9 Å². The van der Waals surface area contributed by atoms with E-state index in [4.69, 9.17) is 4.74 Å². The van der Waals surface area contributed by atoms with E-state index in [1.165, 1.54) is 12.0 Å². The molecule has 0 aromatic rings. The highest BCUT2D eigenvalue weighted by Crippen LogP contribution is 2.80. The topological polar surface area (TPSA) is 70.3 Å². The summed E-state index contributed by atoms with van der Waals surface area (Å²) in [4.78, 5) is 14.9. The van der Waals surface area contributed by atoms with Crippen LogP contribution in [0.25, 0.3) is 0 Å². The van der Waals surface area contributed by atoms with Crippen LogP contribution >= 0.6 is 0 Å². The van der Waals surface area contributed by atoms with Crippen molar-refractivity contribution >= 4 is 5.78 Å². The normalized spacial score (nSPS) is 50.4. The maximum atomic E-state index is 14.9. The molecule has 4 fully saturated rings. The van der Waals surface area contributed by atoms with E-state index in [-0.39, 0.29) is 56.6 Å². The zero-order valence-corrected chi connectivity index (χ0v) is 25.3. The zero-order chi connectivity index (χ0) is 27.9. The van der Waals surface area contributed by atoms with Gasteiger partial charge < -0.3 is 9.84 Å². The second-order valence-electron chi connectivity index (χ2n) is 16.6. The molecule has 0 aromatic heterocycles. The number of rotatable bonds is 1. The lowest BCUT2D eigenvalue weighted by Crippen LogP contribution is -2.71. The Morgan fingerprint density at radius 1 is 1.00 bits per heavy atom. The van der Waals surface area contributed by atoms with Gasteiger partial charge in [0.1, 0.15) is 11.4 Å². The first-order valence-electron chi connectivity index (χ1n) is 15.2. The van der Waals surface area contributed by atoms with Gasteiger partial charge in [-0.3, -0.25) is 4.79 Å². The number of carbonyl (C=O) groups is 1. The number of hydrogen-bond acceptors (Lipinski definition) is 4. The lowest BCUT2D eigenvalue weighted by Gasteiger charge is -2.70. The Balaban J connectivity index is 1.58. The SMILES string of the molecule is CC(C)C1O[C@]23C(=O)C=C4[C@@]5(C)CC(C#N)=C(O)C(C)(C)[C@@H]5CC[C@@]4(C)[C@]2(C)CC[C@]12CCC(C)(C)CC23. The molecule has 1 spiro atoms. The van der Waals surface area contributed by atoms with E-state index in [0.717, 1.165) is 38.5 Å². The molecule has 1 saturated heterocycles. The van der Waals surface area contributed by atoms with E-state index in [1.54, 1.807) is 0 Å². The van der Waals surface area contributed by atoms with Crippen LogP contribution in [0.3, 0.4) is 0 Å². The standard InChI is InChI=1S/C34H49NO3/c1-20(2)27-33-14-12-28(3,4)18-24(33)34(38-27)25(36)16-23-30(7)17-21(19-35)26(37)29(5,6)22(30)10-11-31(23,8)32(34,9)13-15-33/h16,20,22,24,27,37H,10-15,17-18H2,1-9H3/t22-,24?,27?,30-,31+,32-,33-,34+/m0/s1. The van der Waals surface area contributed by atoms with Crippen molar-refractivity contribution in [3.63, 3.8) is 0 Å². The molecule has 4 nitrogen and oxygen atoms in total. The molecule has 3 saturated carbocycles. The lowest BCUT2D eigenvalue weighted by molar-refractivity contribution is -0.211. The molecule has 2 unspecified atom stereocenters. The second-order valence-corrected chi connectivity index (χ2v) is 16.6. The van der Waals surface area contributed by atoms with Gasteiger partial charge in [0.05, 0.1) is 17.7 Å². The minimum Gasteiger partial charge on any atom is -0.511 e. The third-order valence-electron chi connectivity index (χ3n) is 13.8. The van der Waals surface area contributed by atoms with Crippen LogP contribution in [0.1, 0.15) is 114 Å². The molecule has 6 rings (SSSR count). The molecule has 38 heavy (non-hydrogen) atoms. The molecule has 4 heteroatoms. The van der Waals surface area contributed by atoms with Gasteiger partial charge in [-0.25, -0.2) is 0 Å². The molecule has 6 aliphatic rings. The molecular weight excluding hydrogens is 470 g/mol. The fourth-order valence-corrected chi connectivity index (χ4v) is 11.8. The van der Waals surface area contributed by atoms with Crippen LogP contribution in [0.5, 0.6) is 0 Å². The van der Waals surface area contributed by atoms with Crippen molar-refractivity contribution in [2.45, 2.75) is 125 Å². The molecule has 1 N–H and O–H groups in total. The molecule has 1 aliphatic heterocycles. The fourth-order valence-electron chi connectivity index (χ4n) is 11.8. The Hall–Kier alpha value is -1.60. The van der Waals surface area contributed by atoms with Gasteiger partial charge in [0, 0.05) is 22.2 Å². The Kier molecular flexibility index (Phi) is 5.16. The molecular formula is C34H49NO3. The highest BCUT2D eigenvalue weighted by atomic mass is 16.5. The largest absolute Gasteiger partial charge is 0.511 e. The molecule has 0 aromatic carbocycles. The molecule has 0 amide bonds. The number of hydrogen-bond donors (Lipinski definition) is 1. The summed E-state index contributed by atoms with van der Waals surface area (Å²) in [6.07, 6.45) is 10.2. The van der Waals surface area contributed by atoms with Crippen molar-refractivity contribution in [1.82, 2.24) is 0 Å². The highest BCUT2D eigenvalue weighted by molar-refractivity contribution is 6.01. The quantitative estimate of drug-likeness (QED) is 0.380. The predicted octanol–water partition coefficient (Wildman–Crippen LogP) is 8.09. The van der Waals surface area contributed by atoms with Crippen molar-refractivity contribution < 1.29 is 14.6 Å². The number of allylic oxidation sites excluding steroid dienone is 3. The summed E-state index contributed by atoms with van der Waals surface area (Å²) in [5.74, 6) is 1.26. The Morgan fingerprint density at radius 2 is 1.66 bits per heavy atom. The third kappa shape index (κ3) is 2.69. The van der Waals surface area contributed by atoms with Crippen LogP contribution < -0.4 is 0 Å². The molecule has 5 aliphatic carbocycles. The summed E-state index contributed by atoms with van der Waals surface area (Å²) < 4.78 is 7.37. The summed E-state index contributed by atoms with van der Waals surface area (Å²) >= 11 is 0. The Bertz CT molecular complexity index is 1220.